The fourth-order valence-electron chi connectivity index (χ4n) is 1.87. The molecule has 0 spiro atoms. The number of aromatic nitrogens is 2. The number of benzene rings is 1. The van der Waals surface area contributed by atoms with Gasteiger partial charge in [0.25, 0.3) is 0 Å². The van der Waals surface area contributed by atoms with Crippen LogP contribution in [0.25, 0.3) is 11.0 Å². The van der Waals surface area contributed by atoms with Crippen LogP contribution in [-0.4, -0.2) is 9.55 Å². The monoisotopic (exact) mass is 326 g/mol. The van der Waals surface area contributed by atoms with Gasteiger partial charge in [-0.15, -0.1) is 0 Å². The molecule has 2 rings (SSSR count). The number of hydrogen-bond acceptors (Lipinski definition) is 1. The first-order valence-electron chi connectivity index (χ1n) is 6.19. The highest BCUT2D eigenvalue weighted by molar-refractivity contribution is 9.10. The van der Waals surface area contributed by atoms with E-state index >= 15 is 0 Å². The zero-order chi connectivity index (χ0) is 13.5. The molecule has 0 amide bonds. The van der Waals surface area contributed by atoms with Gasteiger partial charge in [-0.05, 0) is 41.7 Å². The van der Waals surface area contributed by atoms with Gasteiger partial charge >= 0.3 is 0 Å². The Morgan fingerprint density at radius 2 is 2.06 bits per heavy atom. The van der Waals surface area contributed by atoms with Gasteiger partial charge < -0.3 is 9.55 Å². The molecule has 0 saturated heterocycles. The van der Waals surface area contributed by atoms with Crippen LogP contribution in [-0.2, 0) is 6.54 Å². The van der Waals surface area contributed by atoms with Crippen LogP contribution in [0.4, 0.5) is 0 Å². The molecule has 2 aromatic rings. The third-order valence-corrected chi connectivity index (χ3v) is 4.68. The first-order valence-corrected chi connectivity index (χ1v) is 7.39. The lowest BCUT2D eigenvalue weighted by Gasteiger charge is -2.29. The summed E-state index contributed by atoms with van der Waals surface area (Å²) in [4.78, 5) is 3.27. The zero-order valence-corrected chi connectivity index (χ0v) is 13.7. The lowest BCUT2D eigenvalue weighted by molar-refractivity contribution is 0.212. The Bertz CT molecular complexity index is 622. The minimum atomic E-state index is 0.218. The standard InChI is InChI=1S/C14H19BrN2S/c1-9(2)14(3,4)8-17-12-7-10(15)5-6-11(12)16-13(17)18/h5-7,9H,8H2,1-4H3,(H,16,18). The average Bonchev–Trinajstić information content (AvgIpc) is 2.55. The van der Waals surface area contributed by atoms with Crippen LogP contribution in [0.3, 0.4) is 0 Å². The van der Waals surface area contributed by atoms with E-state index in [2.05, 4.69) is 65.3 Å². The van der Waals surface area contributed by atoms with Crippen LogP contribution < -0.4 is 0 Å². The van der Waals surface area contributed by atoms with Crippen molar-refractivity contribution < 1.29 is 0 Å². The van der Waals surface area contributed by atoms with Gasteiger partial charge in [-0.3, -0.25) is 0 Å². The van der Waals surface area contributed by atoms with E-state index < -0.39 is 0 Å². The maximum atomic E-state index is 5.44. The quantitative estimate of drug-likeness (QED) is 0.774. The molecule has 1 N–H and O–H groups in total. The first kappa shape index (κ1) is 13.8. The van der Waals surface area contributed by atoms with Gasteiger partial charge in [-0.1, -0.05) is 43.6 Å². The van der Waals surface area contributed by atoms with Crippen molar-refractivity contribution in [2.45, 2.75) is 34.2 Å². The van der Waals surface area contributed by atoms with E-state index in [1.165, 1.54) is 5.52 Å². The van der Waals surface area contributed by atoms with E-state index in [1.54, 1.807) is 0 Å². The van der Waals surface area contributed by atoms with Gasteiger partial charge in [0.15, 0.2) is 4.77 Å². The van der Waals surface area contributed by atoms with Crippen LogP contribution >= 0.6 is 28.1 Å². The van der Waals surface area contributed by atoms with Gasteiger partial charge in [-0.2, -0.15) is 0 Å². The Labute approximate surface area is 122 Å². The van der Waals surface area contributed by atoms with Crippen LogP contribution in [0.5, 0.6) is 0 Å². The summed E-state index contributed by atoms with van der Waals surface area (Å²) in [5, 5.41) is 0. The molecular weight excluding hydrogens is 308 g/mol. The average molecular weight is 327 g/mol. The second-order valence-corrected chi connectivity index (χ2v) is 7.12. The topological polar surface area (TPSA) is 20.7 Å². The summed E-state index contributed by atoms with van der Waals surface area (Å²) >= 11 is 8.97. The molecule has 0 fully saturated rings. The van der Waals surface area contributed by atoms with Gasteiger partial charge in [0, 0.05) is 11.0 Å². The number of rotatable bonds is 3. The summed E-state index contributed by atoms with van der Waals surface area (Å²) in [5.74, 6) is 0.608. The smallest absolute Gasteiger partial charge is 0.178 e. The Kier molecular flexibility index (Phi) is 3.70. The third-order valence-electron chi connectivity index (χ3n) is 3.87. The number of imidazole rings is 1. The SMILES string of the molecule is CC(C)C(C)(C)Cn1c(=S)[nH]c2ccc(Br)cc21. The highest BCUT2D eigenvalue weighted by atomic mass is 79.9. The molecule has 1 aromatic heterocycles. The molecule has 1 aromatic carbocycles. The molecule has 2 nitrogen and oxygen atoms in total. The molecule has 0 aliphatic carbocycles. The number of fused-ring (bicyclic) bond motifs is 1. The maximum absolute atomic E-state index is 5.44. The highest BCUT2D eigenvalue weighted by Crippen LogP contribution is 2.30. The summed E-state index contributed by atoms with van der Waals surface area (Å²) in [5.41, 5.74) is 2.49. The van der Waals surface area contributed by atoms with E-state index in [9.17, 15) is 0 Å². The number of hydrogen-bond donors (Lipinski definition) is 1. The van der Waals surface area contributed by atoms with Crippen molar-refractivity contribution in [3.05, 3.63) is 27.4 Å². The van der Waals surface area contributed by atoms with Crippen molar-refractivity contribution in [2.24, 2.45) is 11.3 Å². The van der Waals surface area contributed by atoms with E-state index in [4.69, 9.17) is 12.2 Å². The number of nitrogens with one attached hydrogen (secondary N) is 1. The molecule has 98 valence electrons. The summed E-state index contributed by atoms with van der Waals surface area (Å²) in [6, 6.07) is 6.22. The minimum Gasteiger partial charge on any atom is -0.331 e. The molecule has 4 heteroatoms. The maximum Gasteiger partial charge on any atom is 0.178 e. The number of halogens is 1. The highest BCUT2D eigenvalue weighted by Gasteiger charge is 2.24. The van der Waals surface area contributed by atoms with E-state index in [0.29, 0.717) is 5.92 Å². The Morgan fingerprint density at radius 1 is 1.39 bits per heavy atom. The van der Waals surface area contributed by atoms with Gasteiger partial charge in [0.1, 0.15) is 0 Å². The molecule has 0 aliphatic rings. The molecule has 0 atom stereocenters. The molecule has 0 unspecified atom stereocenters. The van der Waals surface area contributed by atoms with Crippen molar-refractivity contribution in [2.75, 3.05) is 0 Å². The van der Waals surface area contributed by atoms with E-state index in [-0.39, 0.29) is 5.41 Å². The van der Waals surface area contributed by atoms with Crippen LogP contribution in [0.1, 0.15) is 27.7 Å². The number of H-pyrrole nitrogens is 1. The van der Waals surface area contributed by atoms with Crippen molar-refractivity contribution >= 4 is 39.2 Å². The Morgan fingerprint density at radius 3 is 2.67 bits per heavy atom. The van der Waals surface area contributed by atoms with E-state index in [1.807, 2.05) is 6.07 Å². The molecular formula is C14H19BrN2S. The summed E-state index contributed by atoms with van der Waals surface area (Å²) in [6.45, 7) is 10.0. The van der Waals surface area contributed by atoms with Gasteiger partial charge in [0.05, 0.1) is 11.0 Å². The van der Waals surface area contributed by atoms with Crippen LogP contribution in [0.15, 0.2) is 22.7 Å². The molecule has 0 bridgehead atoms. The lowest BCUT2D eigenvalue weighted by atomic mass is 9.81. The van der Waals surface area contributed by atoms with Crippen molar-refractivity contribution in [1.29, 1.82) is 0 Å². The zero-order valence-electron chi connectivity index (χ0n) is 11.2. The number of aromatic amines is 1. The lowest BCUT2D eigenvalue weighted by Crippen LogP contribution is -2.25. The number of nitrogens with zero attached hydrogens (tertiary/aromatic N) is 1. The fraction of sp³-hybridized carbons (Fsp3) is 0.500. The van der Waals surface area contributed by atoms with Crippen molar-refractivity contribution in [3.8, 4) is 0 Å². The fourth-order valence-corrected chi connectivity index (χ4v) is 2.49. The Balaban J connectivity index is 2.54. The summed E-state index contributed by atoms with van der Waals surface area (Å²) in [7, 11) is 0. The second kappa shape index (κ2) is 4.82. The molecule has 0 radical (unpaired) electrons. The minimum absolute atomic E-state index is 0.218. The summed E-state index contributed by atoms with van der Waals surface area (Å²) in [6.07, 6.45) is 0. The molecule has 18 heavy (non-hydrogen) atoms. The van der Waals surface area contributed by atoms with Crippen molar-refractivity contribution in [1.82, 2.24) is 9.55 Å². The summed E-state index contributed by atoms with van der Waals surface area (Å²) < 4.78 is 4.09. The van der Waals surface area contributed by atoms with E-state index in [0.717, 1.165) is 21.3 Å². The normalized spacial score (nSPS) is 12.6. The molecule has 0 aliphatic heterocycles. The predicted octanol–water partition coefficient (Wildman–Crippen LogP) is 5.14. The Hall–Kier alpha value is -0.610. The van der Waals surface area contributed by atoms with Crippen LogP contribution in [0.2, 0.25) is 0 Å². The second-order valence-electron chi connectivity index (χ2n) is 5.82. The van der Waals surface area contributed by atoms with Gasteiger partial charge in [-0.25, -0.2) is 0 Å². The third kappa shape index (κ3) is 2.54. The largest absolute Gasteiger partial charge is 0.331 e. The van der Waals surface area contributed by atoms with Crippen molar-refractivity contribution in [3.63, 3.8) is 0 Å². The molecule has 0 saturated carbocycles. The predicted molar refractivity (Wildman–Crippen MR) is 83.4 cm³/mol. The first-order chi connectivity index (χ1) is 8.31. The van der Waals surface area contributed by atoms with Gasteiger partial charge in [0.2, 0.25) is 0 Å². The van der Waals surface area contributed by atoms with Crippen LogP contribution in [0, 0.1) is 16.1 Å². The molecule has 1 heterocycles.